The van der Waals surface area contributed by atoms with E-state index in [9.17, 15) is 9.59 Å². The summed E-state index contributed by atoms with van der Waals surface area (Å²) in [6.07, 6.45) is 0.824. The van der Waals surface area contributed by atoms with Gasteiger partial charge in [0.05, 0.1) is 29.8 Å². The van der Waals surface area contributed by atoms with Gasteiger partial charge in [-0.25, -0.2) is 10.0 Å². The summed E-state index contributed by atoms with van der Waals surface area (Å²) in [7, 11) is 0. The van der Waals surface area contributed by atoms with Gasteiger partial charge in [0.15, 0.2) is 0 Å². The summed E-state index contributed by atoms with van der Waals surface area (Å²) in [5.74, 6) is -1.67. The van der Waals surface area contributed by atoms with Crippen LogP contribution in [0.5, 0.6) is 5.75 Å². The molecule has 4 aromatic carbocycles. The molecule has 2 aliphatic rings. The predicted molar refractivity (Wildman–Crippen MR) is 173 cm³/mol. The fourth-order valence-corrected chi connectivity index (χ4v) is 6.21. The molecule has 7 heteroatoms. The lowest BCUT2D eigenvalue weighted by Gasteiger charge is -2.31. The first-order valence-corrected chi connectivity index (χ1v) is 14.8. The van der Waals surface area contributed by atoms with Gasteiger partial charge in [-0.15, -0.1) is 0 Å². The summed E-state index contributed by atoms with van der Waals surface area (Å²) in [6, 6.07) is 27.6. The molecule has 2 unspecified atom stereocenters. The average molecular weight is 573 g/mol. The molecule has 0 aliphatic carbocycles. The van der Waals surface area contributed by atoms with Crippen LogP contribution in [0.4, 0.5) is 11.4 Å². The third kappa shape index (κ3) is 5.09. The zero-order valence-electron chi connectivity index (χ0n) is 25.2. The second kappa shape index (κ2) is 11.5. The standard InChI is InChI=1S/C36H36N4O3/c1-6-21-43-30-20-15-26-9-7-8-10-29(26)33(30)34(31-24(4)37-39(35(31)41)27-16-11-22(2)12-17-27)32-25(5)38-40(36(32)42)28-18-13-23(3)14-19-28/h7-20,31-32,34H,6,21H2,1-5H3. The molecule has 0 saturated heterocycles. The first-order chi connectivity index (χ1) is 20.8. The SMILES string of the molecule is CCCOc1ccc2ccccc2c1C(C1C(=O)N(c2ccc(C)cc2)N=C1C)C1C(=O)N(c2ccc(C)cc2)N=C1C. The fourth-order valence-electron chi connectivity index (χ4n) is 6.21. The van der Waals surface area contributed by atoms with Crippen LogP contribution in [0.15, 0.2) is 95.1 Å². The van der Waals surface area contributed by atoms with E-state index in [-0.39, 0.29) is 11.8 Å². The molecule has 0 aromatic heterocycles. The van der Waals surface area contributed by atoms with Crippen LogP contribution >= 0.6 is 0 Å². The minimum atomic E-state index is -0.701. The van der Waals surface area contributed by atoms with Crippen molar-refractivity contribution in [1.29, 1.82) is 0 Å². The number of hydrogen-bond donors (Lipinski definition) is 0. The summed E-state index contributed by atoms with van der Waals surface area (Å²) in [5, 5.41) is 14.5. The quantitative estimate of drug-likeness (QED) is 0.221. The van der Waals surface area contributed by atoms with Gasteiger partial charge in [-0.3, -0.25) is 9.59 Å². The minimum absolute atomic E-state index is 0.171. The summed E-state index contributed by atoms with van der Waals surface area (Å²) in [4.78, 5) is 28.9. The molecule has 0 radical (unpaired) electrons. The molecular weight excluding hydrogens is 536 g/mol. The Kier molecular flexibility index (Phi) is 7.57. The molecule has 2 heterocycles. The summed E-state index contributed by atoms with van der Waals surface area (Å²) < 4.78 is 6.36. The second-order valence-corrected chi connectivity index (χ2v) is 11.5. The van der Waals surface area contributed by atoms with Crippen LogP contribution < -0.4 is 14.8 Å². The number of benzene rings is 4. The minimum Gasteiger partial charge on any atom is -0.493 e. The Balaban J connectivity index is 1.53. The maximum atomic E-state index is 14.4. The number of hydrazone groups is 2. The number of anilines is 2. The monoisotopic (exact) mass is 572 g/mol. The van der Waals surface area contributed by atoms with Crippen LogP contribution in [-0.2, 0) is 9.59 Å². The van der Waals surface area contributed by atoms with Crippen molar-refractivity contribution in [1.82, 2.24) is 0 Å². The molecule has 218 valence electrons. The van der Waals surface area contributed by atoms with Gasteiger partial charge < -0.3 is 4.74 Å². The third-order valence-corrected chi connectivity index (χ3v) is 8.37. The van der Waals surface area contributed by atoms with Crippen LogP contribution in [0.2, 0.25) is 0 Å². The van der Waals surface area contributed by atoms with Crippen LogP contribution in [0.3, 0.4) is 0 Å². The summed E-state index contributed by atoms with van der Waals surface area (Å²) in [6.45, 7) is 10.4. The van der Waals surface area contributed by atoms with Crippen molar-refractivity contribution in [3.8, 4) is 5.75 Å². The van der Waals surface area contributed by atoms with Gasteiger partial charge in [-0.1, -0.05) is 72.6 Å². The van der Waals surface area contributed by atoms with Gasteiger partial charge >= 0.3 is 0 Å². The Hall–Kier alpha value is -4.78. The normalized spacial score (nSPS) is 19.2. The van der Waals surface area contributed by atoms with E-state index < -0.39 is 17.8 Å². The molecule has 43 heavy (non-hydrogen) atoms. The number of fused-ring (bicyclic) bond motifs is 1. The zero-order valence-corrected chi connectivity index (χ0v) is 25.2. The highest BCUT2D eigenvalue weighted by atomic mass is 16.5. The van der Waals surface area contributed by atoms with Gasteiger partial charge in [0.25, 0.3) is 11.8 Å². The number of ether oxygens (including phenoxy) is 1. The van der Waals surface area contributed by atoms with Crippen molar-refractivity contribution >= 4 is 45.4 Å². The second-order valence-electron chi connectivity index (χ2n) is 11.5. The van der Waals surface area contributed by atoms with Crippen molar-refractivity contribution in [3.63, 3.8) is 0 Å². The number of nitrogens with zero attached hydrogens (tertiary/aromatic N) is 4. The number of rotatable bonds is 8. The largest absolute Gasteiger partial charge is 0.493 e. The molecular formula is C36H36N4O3. The summed E-state index contributed by atoms with van der Waals surface area (Å²) in [5.41, 5.74) is 5.72. The van der Waals surface area contributed by atoms with E-state index in [0.29, 0.717) is 35.2 Å². The van der Waals surface area contributed by atoms with Crippen molar-refractivity contribution < 1.29 is 14.3 Å². The van der Waals surface area contributed by atoms with E-state index in [0.717, 1.165) is 33.9 Å². The first kappa shape index (κ1) is 28.3. The van der Waals surface area contributed by atoms with E-state index in [1.165, 1.54) is 10.0 Å². The molecule has 0 fully saturated rings. The number of hydrogen-bond acceptors (Lipinski definition) is 5. The Morgan fingerprint density at radius 2 is 1.21 bits per heavy atom. The highest BCUT2D eigenvalue weighted by molar-refractivity contribution is 6.20. The maximum Gasteiger partial charge on any atom is 0.256 e. The molecule has 2 amide bonds. The van der Waals surface area contributed by atoms with Gasteiger partial charge in [0.2, 0.25) is 0 Å². The molecule has 2 aliphatic heterocycles. The van der Waals surface area contributed by atoms with Crippen LogP contribution in [0.25, 0.3) is 10.8 Å². The van der Waals surface area contributed by atoms with E-state index >= 15 is 0 Å². The fraction of sp³-hybridized carbons (Fsp3) is 0.278. The molecule has 7 nitrogen and oxygen atoms in total. The molecule has 4 aromatic rings. The van der Waals surface area contributed by atoms with Crippen molar-refractivity contribution in [3.05, 3.63) is 102 Å². The topological polar surface area (TPSA) is 74.6 Å². The Labute approximate surface area is 252 Å². The van der Waals surface area contributed by atoms with Crippen LogP contribution in [0, 0.1) is 25.7 Å². The van der Waals surface area contributed by atoms with Crippen molar-refractivity contribution in [2.45, 2.75) is 47.0 Å². The van der Waals surface area contributed by atoms with Gasteiger partial charge in [-0.2, -0.15) is 10.2 Å². The molecule has 6 rings (SSSR count). The first-order valence-electron chi connectivity index (χ1n) is 14.8. The number of carbonyl (C=O) groups is 2. The van der Waals surface area contributed by atoms with Crippen molar-refractivity contribution in [2.75, 3.05) is 16.6 Å². The van der Waals surface area contributed by atoms with Gasteiger partial charge in [0, 0.05) is 22.9 Å². The van der Waals surface area contributed by atoms with Gasteiger partial charge in [0.1, 0.15) is 5.75 Å². The zero-order chi connectivity index (χ0) is 30.2. The highest BCUT2D eigenvalue weighted by Crippen LogP contribution is 2.48. The smallest absolute Gasteiger partial charge is 0.256 e. The lowest BCUT2D eigenvalue weighted by Crippen LogP contribution is -2.40. The molecule has 2 atom stereocenters. The third-order valence-electron chi connectivity index (χ3n) is 8.37. The van der Waals surface area contributed by atoms with Crippen LogP contribution in [0.1, 0.15) is 49.8 Å². The van der Waals surface area contributed by atoms with Gasteiger partial charge in [-0.05, 0) is 75.2 Å². The number of aryl methyl sites for hydroxylation is 2. The summed E-state index contributed by atoms with van der Waals surface area (Å²) >= 11 is 0. The van der Waals surface area contributed by atoms with E-state index in [1.54, 1.807) is 0 Å². The highest BCUT2D eigenvalue weighted by Gasteiger charge is 2.51. The Morgan fingerprint density at radius 1 is 0.698 bits per heavy atom. The van der Waals surface area contributed by atoms with E-state index in [2.05, 4.69) is 6.92 Å². The lowest BCUT2D eigenvalue weighted by atomic mass is 9.71. The molecule has 0 bridgehead atoms. The van der Waals surface area contributed by atoms with Crippen LogP contribution in [-0.4, -0.2) is 29.8 Å². The van der Waals surface area contributed by atoms with E-state index in [1.807, 2.05) is 113 Å². The number of amides is 2. The lowest BCUT2D eigenvalue weighted by molar-refractivity contribution is -0.122. The molecule has 0 saturated carbocycles. The molecule has 0 N–H and O–H groups in total. The Bertz CT molecular complexity index is 1670. The van der Waals surface area contributed by atoms with Crippen molar-refractivity contribution in [2.24, 2.45) is 22.0 Å². The van der Waals surface area contributed by atoms with E-state index in [4.69, 9.17) is 14.9 Å². The maximum absolute atomic E-state index is 14.4. The average Bonchev–Trinajstić information content (AvgIpc) is 3.47. The number of carbonyl (C=O) groups excluding carboxylic acids is 2. The molecule has 0 spiro atoms. The Morgan fingerprint density at radius 3 is 1.72 bits per heavy atom. The predicted octanol–water partition coefficient (Wildman–Crippen LogP) is 7.41.